The van der Waals surface area contributed by atoms with Gasteiger partial charge in [0.2, 0.25) is 0 Å². The van der Waals surface area contributed by atoms with Crippen LogP contribution in [0.25, 0.3) is 0 Å². The fourth-order valence-corrected chi connectivity index (χ4v) is 3.93. The third-order valence-corrected chi connectivity index (χ3v) is 5.49. The molecule has 2 aromatic carbocycles. The van der Waals surface area contributed by atoms with E-state index in [4.69, 9.17) is 0 Å². The van der Waals surface area contributed by atoms with Gasteiger partial charge in [-0.1, -0.05) is 67.6 Å². The van der Waals surface area contributed by atoms with Crippen LogP contribution < -0.4 is 0 Å². The fraction of sp³-hybridized carbons (Fsp3) is 0.304. The second-order valence-corrected chi connectivity index (χ2v) is 7.25. The van der Waals surface area contributed by atoms with Crippen LogP contribution in [0.1, 0.15) is 47.3 Å². The smallest absolute Gasteiger partial charge is 0.251 e. The first-order valence-electron chi connectivity index (χ1n) is 9.81. The Morgan fingerprint density at radius 2 is 1.71 bits per heavy atom. The third-order valence-electron chi connectivity index (χ3n) is 5.49. The molecule has 5 heteroatoms. The zero-order chi connectivity index (χ0) is 19.5. The van der Waals surface area contributed by atoms with Crippen LogP contribution in [0, 0.1) is 0 Å². The van der Waals surface area contributed by atoms with Gasteiger partial charge in [0.05, 0.1) is 11.6 Å². The Hall–Kier alpha value is -2.92. The van der Waals surface area contributed by atoms with E-state index in [1.165, 1.54) is 11.1 Å². The number of nitrogens with zero attached hydrogens (tertiary/aromatic N) is 2. The van der Waals surface area contributed by atoms with Gasteiger partial charge >= 0.3 is 0 Å². The van der Waals surface area contributed by atoms with Crippen LogP contribution in [-0.4, -0.2) is 38.8 Å². The Morgan fingerprint density at radius 3 is 2.29 bits per heavy atom. The van der Waals surface area contributed by atoms with Crippen molar-refractivity contribution in [1.29, 1.82) is 0 Å². The predicted octanol–water partition coefficient (Wildman–Crippen LogP) is 3.25. The number of nitrogens with one attached hydrogen (secondary N) is 1. The van der Waals surface area contributed by atoms with Gasteiger partial charge in [0.1, 0.15) is 6.10 Å². The molecule has 0 aliphatic carbocycles. The highest BCUT2D eigenvalue weighted by Gasteiger charge is 2.31. The molecule has 0 radical (unpaired) electrons. The van der Waals surface area contributed by atoms with Crippen molar-refractivity contribution in [3.8, 4) is 0 Å². The maximum atomic E-state index is 12.5. The predicted molar refractivity (Wildman–Crippen MR) is 108 cm³/mol. The van der Waals surface area contributed by atoms with Crippen molar-refractivity contribution >= 4 is 5.91 Å². The number of benzene rings is 2. The van der Waals surface area contributed by atoms with Crippen LogP contribution >= 0.6 is 0 Å². The molecular weight excluding hydrogens is 350 g/mol. The molecule has 4 rings (SSSR count). The summed E-state index contributed by atoms with van der Waals surface area (Å²) in [6.45, 7) is 2.90. The van der Waals surface area contributed by atoms with Crippen LogP contribution in [0.3, 0.4) is 0 Å². The van der Waals surface area contributed by atoms with E-state index >= 15 is 0 Å². The van der Waals surface area contributed by atoms with Crippen LogP contribution in [0.15, 0.2) is 60.7 Å². The highest BCUT2D eigenvalue weighted by Crippen LogP contribution is 2.35. The van der Waals surface area contributed by atoms with E-state index in [-0.39, 0.29) is 11.8 Å². The number of carbonyl (C=O) groups excluding carboxylic acids is 1. The minimum atomic E-state index is -0.934. The summed E-state index contributed by atoms with van der Waals surface area (Å²) in [5.74, 6) is -0.204. The van der Waals surface area contributed by atoms with Gasteiger partial charge in [0.25, 0.3) is 5.91 Å². The van der Waals surface area contributed by atoms with Crippen LogP contribution in [0.2, 0.25) is 0 Å². The number of carbonyl (C=O) groups is 1. The van der Waals surface area contributed by atoms with Gasteiger partial charge in [0.15, 0.2) is 0 Å². The Kier molecular flexibility index (Phi) is 5.26. The quantitative estimate of drug-likeness (QED) is 0.719. The summed E-state index contributed by atoms with van der Waals surface area (Å²) in [6.07, 6.45) is 0.216. The molecule has 0 saturated heterocycles. The summed E-state index contributed by atoms with van der Waals surface area (Å²) >= 11 is 0. The van der Waals surface area contributed by atoms with Crippen molar-refractivity contribution in [3.05, 3.63) is 88.7 Å². The molecule has 28 heavy (non-hydrogen) atoms. The number of amides is 1. The first-order valence-corrected chi connectivity index (χ1v) is 9.81. The first-order chi connectivity index (χ1) is 13.7. The van der Waals surface area contributed by atoms with Gasteiger partial charge in [-0.15, -0.1) is 0 Å². The Labute approximate surface area is 165 Å². The molecule has 144 valence electrons. The number of aliphatic hydroxyl groups is 1. The van der Waals surface area contributed by atoms with Gasteiger partial charge in [0, 0.05) is 30.8 Å². The molecule has 1 atom stereocenters. The number of hydrogen-bond acceptors (Lipinski definition) is 3. The van der Waals surface area contributed by atoms with Gasteiger partial charge < -0.3 is 10.0 Å². The van der Waals surface area contributed by atoms with Crippen molar-refractivity contribution < 1.29 is 9.90 Å². The fourth-order valence-electron chi connectivity index (χ4n) is 3.93. The summed E-state index contributed by atoms with van der Waals surface area (Å²) in [4.78, 5) is 14.3. The number of fused-ring (bicyclic) bond motifs is 1. The zero-order valence-corrected chi connectivity index (χ0v) is 16.0. The molecule has 2 N–H and O–H groups in total. The molecule has 1 aliphatic rings. The van der Waals surface area contributed by atoms with E-state index in [1.807, 2.05) is 43.3 Å². The third kappa shape index (κ3) is 3.45. The summed E-state index contributed by atoms with van der Waals surface area (Å²) in [5.41, 5.74) is 5.44. The average molecular weight is 375 g/mol. The normalized spacial score (nSPS) is 14.8. The standard InChI is InChI=1S/C23H25N3O2/c1-2-20(27)23(28)26-14-13-19-18(15-26)22(25-24-19)21(16-9-5-3-6-10-16)17-11-7-4-8-12-17/h3-12,20-21,27H,2,13-15H2,1H3,(H,24,25). The van der Waals surface area contributed by atoms with Gasteiger partial charge in [-0.05, 0) is 17.5 Å². The monoisotopic (exact) mass is 375 g/mol. The van der Waals surface area contributed by atoms with Crippen LogP contribution in [0.5, 0.6) is 0 Å². The summed E-state index contributed by atoms with van der Waals surface area (Å²) in [6, 6.07) is 20.6. The van der Waals surface area contributed by atoms with Crippen molar-refractivity contribution in [2.24, 2.45) is 0 Å². The number of rotatable bonds is 5. The second kappa shape index (κ2) is 7.98. The lowest BCUT2D eigenvalue weighted by atomic mass is 9.85. The number of aromatic nitrogens is 2. The molecule has 3 aromatic rings. The molecule has 0 bridgehead atoms. The maximum absolute atomic E-state index is 12.5. The Balaban J connectivity index is 1.74. The van der Waals surface area contributed by atoms with E-state index in [1.54, 1.807) is 4.90 Å². The Morgan fingerprint density at radius 1 is 1.11 bits per heavy atom. The van der Waals surface area contributed by atoms with E-state index in [9.17, 15) is 9.90 Å². The van der Waals surface area contributed by atoms with Crippen molar-refractivity contribution in [1.82, 2.24) is 15.1 Å². The summed E-state index contributed by atoms with van der Waals surface area (Å²) < 4.78 is 0. The molecule has 0 spiro atoms. The molecule has 1 amide bonds. The lowest BCUT2D eigenvalue weighted by Gasteiger charge is -2.29. The van der Waals surface area contributed by atoms with Crippen molar-refractivity contribution in [2.75, 3.05) is 6.54 Å². The number of H-pyrrole nitrogens is 1. The second-order valence-electron chi connectivity index (χ2n) is 7.25. The molecule has 0 fully saturated rings. The number of aromatic amines is 1. The first kappa shape index (κ1) is 18.4. The zero-order valence-electron chi connectivity index (χ0n) is 16.0. The van der Waals surface area contributed by atoms with Crippen molar-refractivity contribution in [3.63, 3.8) is 0 Å². The maximum Gasteiger partial charge on any atom is 0.251 e. The van der Waals surface area contributed by atoms with Gasteiger partial charge in [-0.2, -0.15) is 5.10 Å². The molecule has 5 nitrogen and oxygen atoms in total. The topological polar surface area (TPSA) is 69.2 Å². The number of hydrogen-bond donors (Lipinski definition) is 2. The molecule has 1 aromatic heterocycles. The van der Waals surface area contributed by atoms with Gasteiger partial charge in [-0.3, -0.25) is 9.89 Å². The minimum Gasteiger partial charge on any atom is -0.383 e. The van der Waals surface area contributed by atoms with Crippen LogP contribution in [0.4, 0.5) is 0 Å². The van der Waals surface area contributed by atoms with Gasteiger partial charge in [-0.25, -0.2) is 0 Å². The van der Waals surface area contributed by atoms with E-state index in [2.05, 4.69) is 34.5 Å². The Bertz CT molecular complexity index is 897. The van der Waals surface area contributed by atoms with Crippen LogP contribution in [-0.2, 0) is 17.8 Å². The largest absolute Gasteiger partial charge is 0.383 e. The van der Waals surface area contributed by atoms with E-state index in [0.717, 1.165) is 23.4 Å². The lowest BCUT2D eigenvalue weighted by Crippen LogP contribution is -2.42. The molecule has 0 saturated carbocycles. The highest BCUT2D eigenvalue weighted by molar-refractivity contribution is 5.80. The highest BCUT2D eigenvalue weighted by atomic mass is 16.3. The van der Waals surface area contributed by atoms with E-state index < -0.39 is 6.10 Å². The minimum absolute atomic E-state index is 0.00597. The summed E-state index contributed by atoms with van der Waals surface area (Å²) in [5, 5.41) is 17.9. The lowest BCUT2D eigenvalue weighted by molar-refractivity contribution is -0.141. The molecule has 1 aliphatic heterocycles. The summed E-state index contributed by atoms with van der Waals surface area (Å²) in [7, 11) is 0. The molecule has 2 heterocycles. The SMILES string of the molecule is CCC(O)C(=O)N1CCc2[nH]nc(C(c3ccccc3)c3ccccc3)c2C1. The average Bonchev–Trinajstić information content (AvgIpc) is 3.17. The molecule has 1 unspecified atom stereocenters. The number of aliphatic hydroxyl groups excluding tert-OH is 1. The van der Waals surface area contributed by atoms with Crippen molar-refractivity contribution in [2.45, 2.75) is 38.3 Å². The molecular formula is C23H25N3O2. The van der Waals surface area contributed by atoms with E-state index in [0.29, 0.717) is 19.5 Å².